The lowest BCUT2D eigenvalue weighted by Gasteiger charge is -2.46. The van der Waals surface area contributed by atoms with Gasteiger partial charge in [0.05, 0.1) is 5.60 Å². The molecule has 1 atom stereocenters. The second-order valence-electron chi connectivity index (χ2n) is 9.37. The number of hydrogen-bond acceptors (Lipinski definition) is 6. The maximum Gasteiger partial charge on any atom is 0.243 e. The fourth-order valence-corrected chi connectivity index (χ4v) is 6.21. The quantitative estimate of drug-likeness (QED) is 0.718. The number of piperidine rings is 1. The van der Waals surface area contributed by atoms with Crippen LogP contribution in [0.5, 0.6) is 0 Å². The van der Waals surface area contributed by atoms with Gasteiger partial charge in [0.1, 0.15) is 16.3 Å². The van der Waals surface area contributed by atoms with Crippen LogP contribution in [0.4, 0.5) is 0 Å². The maximum absolute atomic E-state index is 12.6. The molecule has 5 nitrogen and oxygen atoms in total. The lowest BCUT2D eigenvalue weighted by Crippen LogP contribution is -2.52. The average Bonchev–Trinajstić information content (AvgIpc) is 2.79. The molecule has 0 saturated carbocycles. The number of aliphatic hydroxyl groups is 1. The van der Waals surface area contributed by atoms with E-state index in [4.69, 9.17) is 4.74 Å². The van der Waals surface area contributed by atoms with Gasteiger partial charge in [-0.3, -0.25) is 9.59 Å². The van der Waals surface area contributed by atoms with E-state index in [1.165, 1.54) is 11.8 Å². The number of benzene rings is 2. The van der Waals surface area contributed by atoms with Gasteiger partial charge in [0.15, 0.2) is 0 Å². The zero-order valence-corrected chi connectivity index (χ0v) is 19.0. The van der Waals surface area contributed by atoms with Crippen LogP contribution in [0.2, 0.25) is 0 Å². The van der Waals surface area contributed by atoms with Crippen molar-refractivity contribution in [2.24, 2.45) is 0 Å². The van der Waals surface area contributed by atoms with Crippen LogP contribution in [-0.2, 0) is 16.0 Å². The second-order valence-corrected chi connectivity index (χ2v) is 10.4. The van der Waals surface area contributed by atoms with E-state index in [0.717, 1.165) is 37.1 Å². The second kappa shape index (κ2) is 8.18. The van der Waals surface area contributed by atoms with E-state index in [1.807, 2.05) is 49.4 Å². The molecule has 32 heavy (non-hydrogen) atoms. The van der Waals surface area contributed by atoms with Crippen LogP contribution >= 0.6 is 11.8 Å². The van der Waals surface area contributed by atoms with Crippen LogP contribution in [-0.4, -0.2) is 58.2 Å². The van der Waals surface area contributed by atoms with Gasteiger partial charge in [-0.05, 0) is 12.5 Å². The molecule has 2 aromatic rings. The van der Waals surface area contributed by atoms with Gasteiger partial charge in [-0.25, -0.2) is 0 Å². The highest BCUT2D eigenvalue weighted by Crippen LogP contribution is 2.47. The van der Waals surface area contributed by atoms with E-state index in [9.17, 15) is 14.7 Å². The van der Waals surface area contributed by atoms with Gasteiger partial charge in [-0.2, -0.15) is 0 Å². The molecule has 5 rings (SSSR count). The van der Waals surface area contributed by atoms with Crippen molar-refractivity contribution in [3.05, 3.63) is 76.2 Å². The molecule has 3 aliphatic rings. The molecule has 1 unspecified atom stereocenters. The Bertz CT molecular complexity index is 1080. The minimum absolute atomic E-state index is 0.348. The number of fused-ring (bicyclic) bond motifs is 2. The Balaban J connectivity index is 1.27. The van der Waals surface area contributed by atoms with E-state index in [1.54, 1.807) is 12.1 Å². The van der Waals surface area contributed by atoms with Crippen molar-refractivity contribution < 1.29 is 19.4 Å². The van der Waals surface area contributed by atoms with Gasteiger partial charge in [-0.15, -0.1) is 11.8 Å². The van der Waals surface area contributed by atoms with Crippen LogP contribution in [0.3, 0.4) is 0 Å². The van der Waals surface area contributed by atoms with Crippen molar-refractivity contribution in [2.75, 3.05) is 25.4 Å². The zero-order valence-electron chi connectivity index (χ0n) is 18.2. The summed E-state index contributed by atoms with van der Waals surface area (Å²) in [6.45, 7) is 4.15. The minimum atomic E-state index is -0.807. The molecular weight excluding hydrogens is 422 g/mol. The smallest absolute Gasteiger partial charge is 0.243 e. The van der Waals surface area contributed by atoms with Gasteiger partial charge < -0.3 is 14.7 Å². The van der Waals surface area contributed by atoms with Crippen LogP contribution < -0.4 is 0 Å². The number of hydrogen-bond donors (Lipinski definition) is 1. The van der Waals surface area contributed by atoms with Gasteiger partial charge in [0.25, 0.3) is 0 Å². The van der Waals surface area contributed by atoms with E-state index < -0.39 is 17.2 Å². The number of ether oxygens (including phenoxy) is 1. The first-order valence-electron chi connectivity index (χ1n) is 11.1. The number of Topliss-reactive ketones (excluding diaryl/α,β-unsaturated/α-hetero) is 2. The highest BCUT2D eigenvalue weighted by Gasteiger charge is 2.46. The molecule has 166 valence electrons. The topological polar surface area (TPSA) is 66.8 Å². The van der Waals surface area contributed by atoms with E-state index in [2.05, 4.69) is 4.90 Å². The number of nitrogens with zero attached hydrogens (tertiary/aromatic N) is 1. The molecule has 0 aromatic heterocycles. The summed E-state index contributed by atoms with van der Waals surface area (Å²) >= 11 is 1.46. The number of carbonyl (C=O) groups excluding carboxylic acids is 2. The molecular formula is C26H27NO4S. The van der Waals surface area contributed by atoms with E-state index in [0.29, 0.717) is 34.9 Å². The molecule has 0 amide bonds. The molecule has 2 heterocycles. The molecule has 0 bridgehead atoms. The van der Waals surface area contributed by atoms with Crippen molar-refractivity contribution in [2.45, 2.75) is 37.4 Å². The van der Waals surface area contributed by atoms with Crippen molar-refractivity contribution in [3.63, 3.8) is 0 Å². The average molecular weight is 450 g/mol. The summed E-state index contributed by atoms with van der Waals surface area (Å²) < 4.78 is 6.53. The highest BCUT2D eigenvalue weighted by atomic mass is 32.2. The predicted molar refractivity (Wildman–Crippen MR) is 125 cm³/mol. The SMILES string of the molecule is CC(O)(Cc1ccccc1)CN1CCC2(CC1)CSC1=C(O2)c2ccccc2C(=O)C1=O. The Morgan fingerprint density at radius 2 is 1.66 bits per heavy atom. The number of likely N-dealkylation sites (tertiary alicyclic amines) is 1. The largest absolute Gasteiger partial charge is 0.484 e. The first kappa shape index (κ1) is 21.4. The van der Waals surface area contributed by atoms with E-state index in [-0.39, 0.29) is 5.60 Å². The third-order valence-electron chi connectivity index (χ3n) is 6.59. The summed E-state index contributed by atoms with van der Waals surface area (Å²) in [6.07, 6.45) is 2.26. The van der Waals surface area contributed by atoms with Crippen LogP contribution in [0.25, 0.3) is 5.76 Å². The van der Waals surface area contributed by atoms with Gasteiger partial charge in [-0.1, -0.05) is 54.6 Å². The Labute approximate surface area is 192 Å². The molecule has 1 N–H and O–H groups in total. The summed E-state index contributed by atoms with van der Waals surface area (Å²) in [5.41, 5.74) is 1.14. The summed E-state index contributed by atoms with van der Waals surface area (Å²) in [4.78, 5) is 27.8. The van der Waals surface area contributed by atoms with Crippen LogP contribution in [0, 0.1) is 0 Å². The number of ketones is 2. The zero-order chi connectivity index (χ0) is 22.3. The molecule has 1 aliphatic carbocycles. The minimum Gasteiger partial charge on any atom is -0.484 e. The van der Waals surface area contributed by atoms with Crippen molar-refractivity contribution >= 4 is 29.1 Å². The molecule has 1 fully saturated rings. The first-order valence-corrected chi connectivity index (χ1v) is 12.1. The van der Waals surface area contributed by atoms with Crippen molar-refractivity contribution in [1.29, 1.82) is 0 Å². The number of β-amino-alcohol motifs (C(OH)–C–C–N with tert-alkyl or cyclic N) is 1. The third kappa shape index (κ3) is 4.03. The van der Waals surface area contributed by atoms with Gasteiger partial charge in [0, 0.05) is 55.8 Å². The van der Waals surface area contributed by atoms with E-state index >= 15 is 0 Å². The number of rotatable bonds is 4. The summed E-state index contributed by atoms with van der Waals surface area (Å²) in [6, 6.07) is 17.3. The monoisotopic (exact) mass is 449 g/mol. The number of carbonyl (C=O) groups is 2. The fraction of sp³-hybridized carbons (Fsp3) is 0.385. The van der Waals surface area contributed by atoms with Crippen LogP contribution in [0.15, 0.2) is 59.5 Å². The van der Waals surface area contributed by atoms with Crippen molar-refractivity contribution in [3.8, 4) is 0 Å². The molecule has 6 heteroatoms. The number of allylic oxidation sites excluding steroid dienone is 1. The lowest BCUT2D eigenvalue weighted by molar-refractivity contribution is -0.111. The third-order valence-corrected chi connectivity index (χ3v) is 7.92. The Hall–Kier alpha value is -2.41. The Kier molecular flexibility index (Phi) is 5.48. The molecule has 0 radical (unpaired) electrons. The molecule has 1 saturated heterocycles. The normalized spacial score (nSPS) is 22.2. The molecule has 1 spiro atoms. The lowest BCUT2D eigenvalue weighted by atomic mass is 9.89. The van der Waals surface area contributed by atoms with Gasteiger partial charge in [0.2, 0.25) is 11.6 Å². The standard InChI is InChI=1S/C26H27NO4S/c1-25(30,15-18-7-3-2-4-8-18)16-27-13-11-26(12-14-27)17-32-24-22(29)21(28)19-9-5-6-10-20(19)23(24)31-26/h2-10,30H,11-17H2,1H3. The predicted octanol–water partition coefficient (Wildman–Crippen LogP) is 3.71. The Morgan fingerprint density at radius 1 is 1.00 bits per heavy atom. The number of thioether (sulfide) groups is 1. The van der Waals surface area contributed by atoms with Gasteiger partial charge >= 0.3 is 0 Å². The first-order chi connectivity index (χ1) is 15.4. The molecule has 2 aromatic carbocycles. The summed E-state index contributed by atoms with van der Waals surface area (Å²) in [5, 5.41) is 11.0. The Morgan fingerprint density at radius 3 is 2.38 bits per heavy atom. The molecule has 2 aliphatic heterocycles. The maximum atomic E-state index is 12.6. The summed E-state index contributed by atoms with van der Waals surface area (Å²) in [7, 11) is 0. The summed E-state index contributed by atoms with van der Waals surface area (Å²) in [5.74, 6) is 0.349. The highest BCUT2D eigenvalue weighted by molar-refractivity contribution is 8.04. The van der Waals surface area contributed by atoms with Crippen LogP contribution in [0.1, 0.15) is 41.3 Å². The van der Waals surface area contributed by atoms with Crippen molar-refractivity contribution in [1.82, 2.24) is 4.90 Å². The fourth-order valence-electron chi connectivity index (χ4n) is 4.95.